The van der Waals surface area contributed by atoms with Crippen LogP contribution >= 0.6 is 0 Å². The molecule has 5 nitrogen and oxygen atoms in total. The maximum atomic E-state index is 10.4. The van der Waals surface area contributed by atoms with Gasteiger partial charge in [-0.1, -0.05) is 18.2 Å². The molecule has 144 valence electrons. The number of quaternary nitrogens is 1. The molecule has 1 aliphatic rings. The summed E-state index contributed by atoms with van der Waals surface area (Å²) >= 11 is 0. The lowest BCUT2D eigenvalue weighted by Gasteiger charge is -2.25. The fourth-order valence-corrected chi connectivity index (χ4v) is 3.75. The summed E-state index contributed by atoms with van der Waals surface area (Å²) in [7, 11) is 1.72. The van der Waals surface area contributed by atoms with Crippen molar-refractivity contribution in [1.29, 1.82) is 0 Å². The highest BCUT2D eigenvalue weighted by molar-refractivity contribution is 5.84. The maximum Gasteiger partial charge on any atom is 0.166 e. The van der Waals surface area contributed by atoms with Gasteiger partial charge in [-0.15, -0.1) is 0 Å². The van der Waals surface area contributed by atoms with Crippen LogP contribution in [0.15, 0.2) is 47.5 Å². The average Bonchev–Trinajstić information content (AvgIpc) is 3.22. The van der Waals surface area contributed by atoms with Crippen molar-refractivity contribution in [2.45, 2.75) is 25.8 Å². The monoisotopic (exact) mass is 369 g/mol. The van der Waals surface area contributed by atoms with E-state index in [9.17, 15) is 5.11 Å². The van der Waals surface area contributed by atoms with Gasteiger partial charge in [0.05, 0.1) is 38.9 Å². The van der Waals surface area contributed by atoms with Crippen molar-refractivity contribution in [3.8, 4) is 17.2 Å². The standard InChI is InChI=1S/C22H28N2O3/c1-3-27-21-12-8-9-17(22(21)25)15-23-16-19(24-13-6-7-14-24)18-10-4-5-11-20(18)26-2/h4-5,8-12,15,19,25H,3,6-7,13-14,16H2,1-2H3/p+1/t19-/m0/s1. The maximum absolute atomic E-state index is 10.4. The second-order valence-electron chi connectivity index (χ2n) is 6.78. The number of nitrogens with zero attached hydrogens (tertiary/aromatic N) is 1. The van der Waals surface area contributed by atoms with E-state index in [4.69, 9.17) is 9.47 Å². The number of benzene rings is 2. The van der Waals surface area contributed by atoms with Crippen molar-refractivity contribution in [3.05, 3.63) is 53.6 Å². The third kappa shape index (κ3) is 4.61. The van der Waals surface area contributed by atoms with E-state index in [0.717, 1.165) is 18.8 Å². The lowest BCUT2D eigenvalue weighted by atomic mass is 10.0. The molecule has 2 aromatic rings. The number of rotatable bonds is 8. The van der Waals surface area contributed by atoms with Crippen LogP contribution in [0.25, 0.3) is 0 Å². The van der Waals surface area contributed by atoms with E-state index in [1.807, 2.05) is 31.2 Å². The Balaban J connectivity index is 1.81. The normalized spacial score (nSPS) is 15.9. The van der Waals surface area contributed by atoms with Crippen molar-refractivity contribution >= 4 is 6.21 Å². The number of nitrogens with one attached hydrogen (secondary N) is 1. The van der Waals surface area contributed by atoms with E-state index in [2.05, 4.69) is 17.1 Å². The number of likely N-dealkylation sites (tertiary alicyclic amines) is 1. The second-order valence-corrected chi connectivity index (χ2v) is 6.78. The highest BCUT2D eigenvalue weighted by Crippen LogP contribution is 2.29. The summed E-state index contributed by atoms with van der Waals surface area (Å²) in [5, 5.41) is 10.4. The predicted octanol–water partition coefficient (Wildman–Crippen LogP) is 2.64. The molecule has 0 amide bonds. The number of methoxy groups -OCH3 is 1. The molecule has 2 aromatic carbocycles. The lowest BCUT2D eigenvalue weighted by Crippen LogP contribution is -3.10. The van der Waals surface area contributed by atoms with Crippen molar-refractivity contribution in [2.24, 2.45) is 4.99 Å². The molecular weight excluding hydrogens is 340 g/mol. The minimum Gasteiger partial charge on any atom is -0.504 e. The van der Waals surface area contributed by atoms with Crippen LogP contribution in [-0.4, -0.2) is 44.7 Å². The Kier molecular flexibility index (Phi) is 6.71. The first kappa shape index (κ1) is 19.2. The van der Waals surface area contributed by atoms with Crippen molar-refractivity contribution in [3.63, 3.8) is 0 Å². The molecule has 0 bridgehead atoms. The van der Waals surface area contributed by atoms with E-state index < -0.39 is 0 Å². The first-order chi connectivity index (χ1) is 13.2. The molecule has 27 heavy (non-hydrogen) atoms. The van der Waals surface area contributed by atoms with Gasteiger partial charge in [0.2, 0.25) is 0 Å². The molecule has 0 unspecified atom stereocenters. The van der Waals surface area contributed by atoms with E-state index in [1.54, 1.807) is 24.3 Å². The van der Waals surface area contributed by atoms with Gasteiger partial charge in [0.15, 0.2) is 11.5 Å². The van der Waals surface area contributed by atoms with Crippen molar-refractivity contribution < 1.29 is 19.5 Å². The number of phenolic OH excluding ortho intramolecular Hbond substituents is 1. The van der Waals surface area contributed by atoms with Crippen LogP contribution in [0.3, 0.4) is 0 Å². The van der Waals surface area contributed by atoms with Gasteiger partial charge < -0.3 is 19.5 Å². The molecular formula is C22H29N2O3+. The fraction of sp³-hybridized carbons (Fsp3) is 0.409. The van der Waals surface area contributed by atoms with Gasteiger partial charge in [-0.3, -0.25) is 4.99 Å². The number of aromatic hydroxyl groups is 1. The summed E-state index contributed by atoms with van der Waals surface area (Å²) in [5.41, 5.74) is 1.87. The van der Waals surface area contributed by atoms with Gasteiger partial charge in [-0.2, -0.15) is 0 Å². The lowest BCUT2D eigenvalue weighted by molar-refractivity contribution is -0.918. The predicted molar refractivity (Wildman–Crippen MR) is 107 cm³/mol. The smallest absolute Gasteiger partial charge is 0.166 e. The van der Waals surface area contributed by atoms with E-state index >= 15 is 0 Å². The summed E-state index contributed by atoms with van der Waals surface area (Å²) in [6, 6.07) is 13.9. The van der Waals surface area contributed by atoms with Crippen molar-refractivity contribution in [2.75, 3.05) is 33.4 Å². The van der Waals surface area contributed by atoms with Crippen LogP contribution in [0.5, 0.6) is 17.2 Å². The van der Waals surface area contributed by atoms with Gasteiger partial charge in [0, 0.05) is 24.6 Å². The van der Waals surface area contributed by atoms with Crippen LogP contribution in [0, 0.1) is 0 Å². The molecule has 1 atom stereocenters. The molecule has 0 spiro atoms. The molecule has 2 N–H and O–H groups in total. The van der Waals surface area contributed by atoms with E-state index in [-0.39, 0.29) is 11.8 Å². The van der Waals surface area contributed by atoms with E-state index in [1.165, 1.54) is 18.4 Å². The molecule has 1 saturated heterocycles. The first-order valence-electron chi connectivity index (χ1n) is 9.66. The Labute approximate surface area is 161 Å². The zero-order valence-corrected chi connectivity index (χ0v) is 16.1. The SMILES string of the molecule is CCOc1cccc(C=NC[C@@H](c2ccccc2OC)[NH+]2CCCC2)c1O. The Hall–Kier alpha value is -2.53. The van der Waals surface area contributed by atoms with Crippen LogP contribution in [0.1, 0.15) is 36.9 Å². The number of ether oxygens (including phenoxy) is 2. The Morgan fingerprint density at radius 2 is 1.85 bits per heavy atom. The van der Waals surface area contributed by atoms with Gasteiger partial charge in [0.25, 0.3) is 0 Å². The molecule has 5 heteroatoms. The molecule has 0 aromatic heterocycles. The van der Waals surface area contributed by atoms with Gasteiger partial charge in [0.1, 0.15) is 11.8 Å². The molecule has 3 rings (SSSR count). The molecule has 0 saturated carbocycles. The molecule has 0 aliphatic carbocycles. The second kappa shape index (κ2) is 9.42. The number of hydrogen-bond acceptors (Lipinski definition) is 4. The number of para-hydroxylation sites is 2. The number of hydrogen-bond donors (Lipinski definition) is 2. The minimum absolute atomic E-state index is 0.144. The summed E-state index contributed by atoms with van der Waals surface area (Å²) < 4.78 is 11.0. The Bertz CT molecular complexity index is 770. The highest BCUT2D eigenvalue weighted by Gasteiger charge is 2.29. The summed E-state index contributed by atoms with van der Waals surface area (Å²) in [5.74, 6) is 1.55. The molecule has 1 heterocycles. The highest BCUT2D eigenvalue weighted by atomic mass is 16.5. The first-order valence-corrected chi connectivity index (χ1v) is 9.66. The molecule has 1 aliphatic heterocycles. The zero-order valence-electron chi connectivity index (χ0n) is 16.1. The summed E-state index contributed by atoms with van der Waals surface area (Å²) in [6.45, 7) is 5.37. The third-order valence-corrected chi connectivity index (χ3v) is 5.10. The summed E-state index contributed by atoms with van der Waals surface area (Å²) in [6.07, 6.45) is 4.25. The Morgan fingerprint density at radius 3 is 2.59 bits per heavy atom. The third-order valence-electron chi connectivity index (χ3n) is 5.10. The zero-order chi connectivity index (χ0) is 19.1. The fourth-order valence-electron chi connectivity index (χ4n) is 3.75. The topological polar surface area (TPSA) is 55.5 Å². The number of phenols is 1. The average molecular weight is 369 g/mol. The van der Waals surface area contributed by atoms with Gasteiger partial charge >= 0.3 is 0 Å². The van der Waals surface area contributed by atoms with Crippen LogP contribution in [-0.2, 0) is 0 Å². The number of aliphatic imine (C=N–C) groups is 1. The quantitative estimate of drug-likeness (QED) is 0.704. The molecule has 1 fully saturated rings. The van der Waals surface area contributed by atoms with Crippen LogP contribution < -0.4 is 14.4 Å². The largest absolute Gasteiger partial charge is 0.504 e. The van der Waals surface area contributed by atoms with Crippen LogP contribution in [0.2, 0.25) is 0 Å². The van der Waals surface area contributed by atoms with Crippen molar-refractivity contribution in [1.82, 2.24) is 0 Å². The van der Waals surface area contributed by atoms with Crippen LogP contribution in [0.4, 0.5) is 0 Å². The molecule has 0 radical (unpaired) electrons. The summed E-state index contributed by atoms with van der Waals surface area (Å²) in [4.78, 5) is 6.23. The van der Waals surface area contributed by atoms with Gasteiger partial charge in [-0.25, -0.2) is 0 Å². The minimum atomic E-state index is 0.144. The van der Waals surface area contributed by atoms with E-state index in [0.29, 0.717) is 24.5 Å². The Morgan fingerprint density at radius 1 is 1.11 bits per heavy atom. The van der Waals surface area contributed by atoms with Gasteiger partial charge in [-0.05, 0) is 31.2 Å².